The van der Waals surface area contributed by atoms with E-state index in [0.717, 1.165) is 6.07 Å². The number of pyridine rings is 1. The van der Waals surface area contributed by atoms with Crippen molar-refractivity contribution in [2.75, 3.05) is 26.8 Å². The molecule has 1 aliphatic carbocycles. The van der Waals surface area contributed by atoms with Gasteiger partial charge in [-0.25, -0.2) is 8.78 Å². The Balaban J connectivity index is 0.00000306. The van der Waals surface area contributed by atoms with Crippen LogP contribution in [0.4, 0.5) is 8.78 Å². The van der Waals surface area contributed by atoms with E-state index < -0.39 is 40.2 Å². The summed E-state index contributed by atoms with van der Waals surface area (Å²) in [6, 6.07) is 2.94. The van der Waals surface area contributed by atoms with Gasteiger partial charge in [0.25, 0.3) is 11.8 Å². The predicted octanol–water partition coefficient (Wildman–Crippen LogP) is 2.02. The number of rotatable bonds is 6. The number of fused-ring (bicyclic) bond motifs is 2. The Morgan fingerprint density at radius 2 is 2.06 bits per heavy atom. The number of benzene rings is 1. The van der Waals surface area contributed by atoms with Gasteiger partial charge < -0.3 is 24.6 Å². The standard InChI is InChI=1S/C22H23F2N3O5.ClH/c1-3-26-11-22(7-13(22)10-32-2)27-9-15(18(28)19(29)17(27)21(26)31)20(30)25-8-12-4-5-14(23)6-16(12)24;/h4-6,9,13,29H,3,7-8,10-11H2,1-2H3,(H,25,30);1H/t13-,22-;/m1./s1. The Morgan fingerprint density at radius 1 is 1.33 bits per heavy atom. The van der Waals surface area contributed by atoms with Crippen LogP contribution in [0.15, 0.2) is 29.2 Å². The number of hydrogen-bond donors (Lipinski definition) is 2. The minimum absolute atomic E-state index is 0. The van der Waals surface area contributed by atoms with Crippen LogP contribution >= 0.6 is 12.4 Å². The number of likely N-dealkylation sites (N-methyl/N-ethyl adjacent to an activating group) is 1. The number of methoxy groups -OCH3 is 1. The highest BCUT2D eigenvalue weighted by Gasteiger charge is 2.60. The highest BCUT2D eigenvalue weighted by molar-refractivity contribution is 5.99. The molecule has 1 aromatic carbocycles. The van der Waals surface area contributed by atoms with Gasteiger partial charge >= 0.3 is 0 Å². The summed E-state index contributed by atoms with van der Waals surface area (Å²) in [6.45, 7) is 2.71. The zero-order valence-corrected chi connectivity index (χ0v) is 18.9. The first-order valence-corrected chi connectivity index (χ1v) is 10.2. The maximum absolute atomic E-state index is 13.9. The average Bonchev–Trinajstić information content (AvgIpc) is 3.44. The summed E-state index contributed by atoms with van der Waals surface area (Å²) in [5, 5.41) is 13.0. The molecular formula is C22H24ClF2N3O5. The molecule has 0 saturated heterocycles. The average molecular weight is 484 g/mol. The number of aromatic nitrogens is 1. The fourth-order valence-corrected chi connectivity index (χ4v) is 4.41. The fourth-order valence-electron chi connectivity index (χ4n) is 4.41. The van der Waals surface area contributed by atoms with Crippen LogP contribution in [0.3, 0.4) is 0 Å². The molecule has 1 aliphatic heterocycles. The zero-order chi connectivity index (χ0) is 23.2. The van der Waals surface area contributed by atoms with Gasteiger partial charge in [-0.2, -0.15) is 0 Å². The van der Waals surface area contributed by atoms with E-state index in [1.165, 1.54) is 16.8 Å². The molecule has 11 heteroatoms. The summed E-state index contributed by atoms with van der Waals surface area (Å²) in [5.74, 6) is -3.66. The molecule has 2 amide bonds. The van der Waals surface area contributed by atoms with Gasteiger partial charge in [0, 0.05) is 50.5 Å². The SMILES string of the molecule is CCN1C[C@@]2(C[C@@H]2COC)n2cc(C(=O)NCc3ccc(F)cc3F)c(=O)c(O)c2C1=O.Cl. The van der Waals surface area contributed by atoms with Crippen LogP contribution in [-0.2, 0) is 16.8 Å². The van der Waals surface area contributed by atoms with Crippen LogP contribution in [0.5, 0.6) is 5.75 Å². The lowest BCUT2D eigenvalue weighted by molar-refractivity contribution is 0.0622. The van der Waals surface area contributed by atoms with E-state index in [2.05, 4.69) is 5.32 Å². The Labute approximate surface area is 194 Å². The first kappa shape index (κ1) is 24.7. The van der Waals surface area contributed by atoms with Gasteiger partial charge in [0.2, 0.25) is 5.43 Å². The Bertz CT molecular complexity index is 1170. The summed E-state index contributed by atoms with van der Waals surface area (Å²) in [5.41, 5.74) is -2.05. The monoisotopic (exact) mass is 483 g/mol. The van der Waals surface area contributed by atoms with Gasteiger partial charge in [0.1, 0.15) is 17.2 Å². The van der Waals surface area contributed by atoms with Crippen LogP contribution < -0.4 is 10.7 Å². The van der Waals surface area contributed by atoms with Crippen molar-refractivity contribution in [3.8, 4) is 5.75 Å². The van der Waals surface area contributed by atoms with Gasteiger partial charge in [0.05, 0.1) is 12.1 Å². The topological polar surface area (TPSA) is 101 Å². The second-order valence-corrected chi connectivity index (χ2v) is 8.14. The normalized spacial score (nSPS) is 20.9. The lowest BCUT2D eigenvalue weighted by Crippen LogP contribution is -2.49. The van der Waals surface area contributed by atoms with Crippen LogP contribution in [0.25, 0.3) is 0 Å². The fraction of sp³-hybridized carbons (Fsp3) is 0.409. The van der Waals surface area contributed by atoms with Crippen molar-refractivity contribution in [1.82, 2.24) is 14.8 Å². The third-order valence-electron chi connectivity index (χ3n) is 6.27. The molecular weight excluding hydrogens is 460 g/mol. The molecule has 1 fully saturated rings. The minimum atomic E-state index is -0.987. The molecule has 8 nitrogen and oxygen atoms in total. The number of carbonyl (C=O) groups excluding carboxylic acids is 2. The van der Waals surface area contributed by atoms with E-state index in [1.54, 1.807) is 18.9 Å². The summed E-state index contributed by atoms with van der Waals surface area (Å²) in [6.07, 6.45) is 1.94. The van der Waals surface area contributed by atoms with Crippen LogP contribution in [-0.4, -0.2) is 53.2 Å². The molecule has 2 N–H and O–H groups in total. The molecule has 0 radical (unpaired) electrons. The van der Waals surface area contributed by atoms with E-state index in [1.807, 2.05) is 0 Å². The van der Waals surface area contributed by atoms with Crippen molar-refractivity contribution in [1.29, 1.82) is 0 Å². The van der Waals surface area contributed by atoms with Gasteiger partial charge in [-0.1, -0.05) is 6.07 Å². The maximum atomic E-state index is 13.9. The quantitative estimate of drug-likeness (QED) is 0.654. The first-order chi connectivity index (χ1) is 15.2. The number of halogens is 3. The Hall–Kier alpha value is -2.98. The minimum Gasteiger partial charge on any atom is -0.503 e. The van der Waals surface area contributed by atoms with E-state index >= 15 is 0 Å². The molecule has 2 aliphatic rings. The molecule has 1 saturated carbocycles. The highest BCUT2D eigenvalue weighted by atomic mass is 35.5. The smallest absolute Gasteiger partial charge is 0.274 e. The molecule has 33 heavy (non-hydrogen) atoms. The van der Waals surface area contributed by atoms with E-state index in [9.17, 15) is 28.3 Å². The van der Waals surface area contributed by atoms with Crippen molar-refractivity contribution in [2.24, 2.45) is 5.92 Å². The number of nitrogens with zero attached hydrogens (tertiary/aromatic N) is 2. The summed E-state index contributed by atoms with van der Waals surface area (Å²) >= 11 is 0. The number of aromatic hydroxyl groups is 1. The maximum Gasteiger partial charge on any atom is 0.274 e. The molecule has 0 bridgehead atoms. The molecule has 2 atom stereocenters. The summed E-state index contributed by atoms with van der Waals surface area (Å²) in [7, 11) is 1.56. The van der Waals surface area contributed by atoms with Crippen molar-refractivity contribution < 1.29 is 28.2 Å². The number of hydrogen-bond acceptors (Lipinski definition) is 5. The second-order valence-electron chi connectivity index (χ2n) is 8.14. The highest BCUT2D eigenvalue weighted by Crippen LogP contribution is 2.54. The van der Waals surface area contributed by atoms with E-state index in [0.29, 0.717) is 32.2 Å². The molecule has 1 spiro atoms. The summed E-state index contributed by atoms with van der Waals surface area (Å²) < 4.78 is 33.7. The van der Waals surface area contributed by atoms with Crippen LogP contribution in [0.2, 0.25) is 0 Å². The van der Waals surface area contributed by atoms with E-state index in [4.69, 9.17) is 4.74 Å². The Kier molecular flexibility index (Phi) is 6.80. The first-order valence-electron chi connectivity index (χ1n) is 10.2. The van der Waals surface area contributed by atoms with E-state index in [-0.39, 0.29) is 41.7 Å². The third-order valence-corrected chi connectivity index (χ3v) is 6.27. The lowest BCUT2D eigenvalue weighted by atomic mass is 10.0. The van der Waals surface area contributed by atoms with Gasteiger partial charge in [-0.05, 0) is 19.4 Å². The van der Waals surface area contributed by atoms with Crippen LogP contribution in [0, 0.1) is 17.6 Å². The molecule has 2 heterocycles. The van der Waals surface area contributed by atoms with Crippen LogP contribution in [0.1, 0.15) is 39.8 Å². The zero-order valence-electron chi connectivity index (χ0n) is 18.1. The van der Waals surface area contributed by atoms with Crippen molar-refractivity contribution in [2.45, 2.75) is 25.4 Å². The van der Waals surface area contributed by atoms with Gasteiger partial charge in [0.15, 0.2) is 11.4 Å². The van der Waals surface area contributed by atoms with Gasteiger partial charge in [-0.3, -0.25) is 14.4 Å². The molecule has 4 rings (SSSR count). The number of ether oxygens (including phenoxy) is 1. The van der Waals surface area contributed by atoms with Crippen molar-refractivity contribution in [3.05, 3.63) is 63.1 Å². The molecule has 1 aromatic heterocycles. The largest absolute Gasteiger partial charge is 0.503 e. The van der Waals surface area contributed by atoms with Gasteiger partial charge in [-0.15, -0.1) is 12.4 Å². The number of carbonyl (C=O) groups is 2. The lowest BCUT2D eigenvalue weighted by Gasteiger charge is -2.37. The number of amides is 2. The third kappa shape index (κ3) is 4.08. The Morgan fingerprint density at radius 3 is 2.70 bits per heavy atom. The summed E-state index contributed by atoms with van der Waals surface area (Å²) in [4.78, 5) is 39.9. The molecule has 0 unspecified atom stereocenters. The van der Waals surface area contributed by atoms with Crippen molar-refractivity contribution >= 4 is 24.2 Å². The molecule has 2 aromatic rings. The number of nitrogens with one attached hydrogen (secondary N) is 1. The van der Waals surface area contributed by atoms with Crippen molar-refractivity contribution in [3.63, 3.8) is 0 Å². The second kappa shape index (κ2) is 9.11. The molecule has 178 valence electrons. The predicted molar refractivity (Wildman–Crippen MR) is 117 cm³/mol.